The van der Waals surface area contributed by atoms with Crippen LogP contribution in [0, 0.1) is 12.8 Å². The molecule has 1 aromatic rings. The SMILES string of the molecule is COCc1nc(C)cc(N(C)CC2CC(O)C2)n1. The highest BCUT2D eigenvalue weighted by Gasteiger charge is 2.28. The van der Waals surface area contributed by atoms with Crippen molar-refractivity contribution in [3.8, 4) is 0 Å². The summed E-state index contributed by atoms with van der Waals surface area (Å²) in [6, 6.07) is 1.98. The molecule has 1 aliphatic rings. The van der Waals surface area contributed by atoms with E-state index in [9.17, 15) is 5.11 Å². The van der Waals surface area contributed by atoms with Crippen LogP contribution >= 0.6 is 0 Å². The minimum absolute atomic E-state index is 0.0976. The Hall–Kier alpha value is -1.20. The van der Waals surface area contributed by atoms with Crippen molar-refractivity contribution in [2.24, 2.45) is 5.92 Å². The molecule has 0 saturated heterocycles. The van der Waals surface area contributed by atoms with E-state index in [0.717, 1.165) is 30.9 Å². The van der Waals surface area contributed by atoms with Crippen LogP contribution in [0.25, 0.3) is 0 Å². The fourth-order valence-corrected chi connectivity index (χ4v) is 2.33. The van der Waals surface area contributed by atoms with Crippen molar-refractivity contribution in [3.05, 3.63) is 17.6 Å². The summed E-state index contributed by atoms with van der Waals surface area (Å²) in [4.78, 5) is 10.9. The fourth-order valence-electron chi connectivity index (χ4n) is 2.33. The Morgan fingerprint density at radius 3 is 2.78 bits per heavy atom. The summed E-state index contributed by atoms with van der Waals surface area (Å²) in [5.74, 6) is 2.22. The molecule has 1 aromatic heterocycles. The molecule has 18 heavy (non-hydrogen) atoms. The van der Waals surface area contributed by atoms with Gasteiger partial charge >= 0.3 is 0 Å². The van der Waals surface area contributed by atoms with Gasteiger partial charge in [0.15, 0.2) is 5.82 Å². The van der Waals surface area contributed by atoms with Crippen LogP contribution in [-0.4, -0.2) is 41.9 Å². The van der Waals surface area contributed by atoms with E-state index in [-0.39, 0.29) is 6.10 Å². The van der Waals surface area contributed by atoms with Crippen molar-refractivity contribution in [3.63, 3.8) is 0 Å². The van der Waals surface area contributed by atoms with Crippen molar-refractivity contribution in [2.45, 2.75) is 32.5 Å². The van der Waals surface area contributed by atoms with Crippen LogP contribution < -0.4 is 4.90 Å². The van der Waals surface area contributed by atoms with Gasteiger partial charge in [-0.3, -0.25) is 0 Å². The zero-order chi connectivity index (χ0) is 13.1. The molecule has 0 unspecified atom stereocenters. The largest absolute Gasteiger partial charge is 0.393 e. The Labute approximate surface area is 108 Å². The second-order valence-corrected chi connectivity index (χ2v) is 5.09. The number of aryl methyl sites for hydroxylation is 1. The van der Waals surface area contributed by atoms with Crippen LogP contribution in [0.15, 0.2) is 6.07 Å². The number of aliphatic hydroxyl groups excluding tert-OH is 1. The van der Waals surface area contributed by atoms with Gasteiger partial charge in [-0.05, 0) is 25.7 Å². The average Bonchev–Trinajstić information content (AvgIpc) is 2.26. The van der Waals surface area contributed by atoms with E-state index >= 15 is 0 Å². The summed E-state index contributed by atoms with van der Waals surface area (Å²) < 4.78 is 5.07. The van der Waals surface area contributed by atoms with Crippen molar-refractivity contribution >= 4 is 5.82 Å². The summed E-state index contributed by atoms with van der Waals surface area (Å²) in [6.07, 6.45) is 1.71. The van der Waals surface area contributed by atoms with E-state index < -0.39 is 0 Å². The Kier molecular flexibility index (Phi) is 4.14. The number of hydrogen-bond acceptors (Lipinski definition) is 5. The van der Waals surface area contributed by atoms with Crippen molar-refractivity contribution in [1.82, 2.24) is 9.97 Å². The molecule has 0 atom stereocenters. The maximum atomic E-state index is 9.30. The molecule has 0 amide bonds. The minimum Gasteiger partial charge on any atom is -0.393 e. The van der Waals surface area contributed by atoms with Crippen molar-refractivity contribution in [2.75, 3.05) is 25.6 Å². The molecule has 1 N–H and O–H groups in total. The van der Waals surface area contributed by atoms with Gasteiger partial charge in [0.2, 0.25) is 0 Å². The maximum Gasteiger partial charge on any atom is 0.156 e. The van der Waals surface area contributed by atoms with Gasteiger partial charge < -0.3 is 14.7 Å². The first-order valence-electron chi connectivity index (χ1n) is 6.31. The molecule has 0 radical (unpaired) electrons. The van der Waals surface area contributed by atoms with Gasteiger partial charge in [0.05, 0.1) is 6.10 Å². The third kappa shape index (κ3) is 3.17. The maximum absolute atomic E-state index is 9.30. The van der Waals surface area contributed by atoms with Crippen LogP contribution in [0.1, 0.15) is 24.4 Å². The van der Waals surface area contributed by atoms with Gasteiger partial charge in [0.1, 0.15) is 12.4 Å². The molecule has 2 rings (SSSR count). The third-order valence-corrected chi connectivity index (χ3v) is 3.29. The van der Waals surface area contributed by atoms with E-state index in [1.54, 1.807) is 7.11 Å². The first-order chi connectivity index (χ1) is 8.58. The van der Waals surface area contributed by atoms with Crippen molar-refractivity contribution in [1.29, 1.82) is 0 Å². The molecule has 0 aliphatic heterocycles. The molecule has 1 fully saturated rings. The topological polar surface area (TPSA) is 58.5 Å². The number of anilines is 1. The molecular weight excluding hydrogens is 230 g/mol. The summed E-state index contributed by atoms with van der Waals surface area (Å²) in [7, 11) is 3.67. The third-order valence-electron chi connectivity index (χ3n) is 3.29. The van der Waals surface area contributed by atoms with Gasteiger partial charge in [0, 0.05) is 32.5 Å². The molecular formula is C13H21N3O2. The van der Waals surface area contributed by atoms with Crippen LogP contribution in [0.2, 0.25) is 0 Å². The summed E-state index contributed by atoms with van der Waals surface area (Å²) in [5.41, 5.74) is 0.951. The Morgan fingerprint density at radius 1 is 1.44 bits per heavy atom. The molecule has 0 aromatic carbocycles. The monoisotopic (exact) mass is 251 g/mol. The minimum atomic E-state index is -0.0976. The van der Waals surface area contributed by atoms with Gasteiger partial charge in [-0.2, -0.15) is 0 Å². The van der Waals surface area contributed by atoms with Gasteiger partial charge in [-0.25, -0.2) is 9.97 Å². The summed E-state index contributed by atoms with van der Waals surface area (Å²) in [6.45, 7) is 3.33. The lowest BCUT2D eigenvalue weighted by Crippen LogP contribution is -2.37. The van der Waals surface area contributed by atoms with Crippen LogP contribution in [-0.2, 0) is 11.3 Å². The predicted octanol–water partition coefficient (Wildman–Crippen LogP) is 1.14. The molecule has 1 aliphatic carbocycles. The Bertz CT molecular complexity index is 405. The lowest BCUT2D eigenvalue weighted by molar-refractivity contribution is 0.0464. The highest BCUT2D eigenvalue weighted by Crippen LogP contribution is 2.28. The van der Waals surface area contributed by atoms with E-state index in [2.05, 4.69) is 14.9 Å². The quantitative estimate of drug-likeness (QED) is 0.850. The second-order valence-electron chi connectivity index (χ2n) is 5.09. The fraction of sp³-hybridized carbons (Fsp3) is 0.692. The first kappa shape index (κ1) is 13.2. The number of nitrogens with zero attached hydrogens (tertiary/aromatic N) is 3. The second kappa shape index (κ2) is 5.63. The molecule has 5 nitrogen and oxygen atoms in total. The Morgan fingerprint density at radius 2 is 2.17 bits per heavy atom. The van der Waals surface area contributed by atoms with E-state index in [0.29, 0.717) is 18.3 Å². The first-order valence-corrected chi connectivity index (χ1v) is 6.31. The lowest BCUT2D eigenvalue weighted by Gasteiger charge is -2.34. The lowest BCUT2D eigenvalue weighted by atomic mass is 9.82. The highest BCUT2D eigenvalue weighted by atomic mass is 16.5. The highest BCUT2D eigenvalue weighted by molar-refractivity contribution is 5.38. The van der Waals surface area contributed by atoms with Gasteiger partial charge in [-0.1, -0.05) is 0 Å². The van der Waals surface area contributed by atoms with E-state index in [1.807, 2.05) is 20.0 Å². The number of aromatic nitrogens is 2. The number of aliphatic hydroxyl groups is 1. The predicted molar refractivity (Wildman–Crippen MR) is 69.5 cm³/mol. The van der Waals surface area contributed by atoms with Crippen LogP contribution in [0.5, 0.6) is 0 Å². The van der Waals surface area contributed by atoms with Gasteiger partial charge in [-0.15, -0.1) is 0 Å². The molecule has 1 heterocycles. The van der Waals surface area contributed by atoms with Crippen LogP contribution in [0.4, 0.5) is 5.82 Å². The smallest absolute Gasteiger partial charge is 0.156 e. The number of ether oxygens (including phenoxy) is 1. The van der Waals surface area contributed by atoms with Gasteiger partial charge in [0.25, 0.3) is 0 Å². The standard InChI is InChI=1S/C13H21N3O2/c1-9-4-13(15-12(14-9)8-18-3)16(2)7-10-5-11(17)6-10/h4,10-11,17H,5-8H2,1-3H3. The summed E-state index contributed by atoms with van der Waals surface area (Å²) >= 11 is 0. The number of rotatable bonds is 5. The van der Waals surface area contributed by atoms with Crippen LogP contribution in [0.3, 0.4) is 0 Å². The summed E-state index contributed by atoms with van der Waals surface area (Å²) in [5, 5.41) is 9.30. The number of hydrogen-bond donors (Lipinski definition) is 1. The normalized spacial score (nSPS) is 22.7. The molecule has 1 saturated carbocycles. The zero-order valence-corrected chi connectivity index (χ0v) is 11.3. The molecule has 100 valence electrons. The average molecular weight is 251 g/mol. The molecule has 0 spiro atoms. The van der Waals surface area contributed by atoms with Crippen molar-refractivity contribution < 1.29 is 9.84 Å². The molecule has 5 heteroatoms. The van der Waals surface area contributed by atoms with E-state index in [4.69, 9.17) is 4.74 Å². The molecule has 0 bridgehead atoms. The Balaban J connectivity index is 2.02. The van der Waals surface area contributed by atoms with E-state index in [1.165, 1.54) is 0 Å². The zero-order valence-electron chi connectivity index (χ0n) is 11.3. The number of methoxy groups -OCH3 is 1.